The van der Waals surface area contributed by atoms with Crippen molar-refractivity contribution in [1.29, 1.82) is 0 Å². The zero-order valence-corrected chi connectivity index (χ0v) is 13.0. The number of hydrogen-bond donors (Lipinski definition) is 2. The second-order valence-electron chi connectivity index (χ2n) is 6.09. The predicted octanol–water partition coefficient (Wildman–Crippen LogP) is 2.83. The van der Waals surface area contributed by atoms with E-state index in [1.54, 1.807) is 0 Å². The summed E-state index contributed by atoms with van der Waals surface area (Å²) in [5.41, 5.74) is 2.58. The summed E-state index contributed by atoms with van der Waals surface area (Å²) in [6, 6.07) is 17.6. The average Bonchev–Trinajstić information content (AvgIpc) is 2.90. The van der Waals surface area contributed by atoms with Crippen LogP contribution in [-0.4, -0.2) is 23.3 Å². The first kappa shape index (κ1) is 15.6. The highest BCUT2D eigenvalue weighted by Crippen LogP contribution is 2.31. The number of ether oxygens (including phenoxy) is 1. The van der Waals surface area contributed by atoms with Gasteiger partial charge >= 0.3 is 6.09 Å². The Labute approximate surface area is 136 Å². The molecule has 2 aromatic rings. The van der Waals surface area contributed by atoms with Gasteiger partial charge in [0, 0.05) is 19.4 Å². The van der Waals surface area contributed by atoms with Crippen LogP contribution in [-0.2, 0) is 24.2 Å². The molecule has 4 heteroatoms. The molecule has 2 aromatic carbocycles. The Morgan fingerprint density at radius 1 is 1.04 bits per heavy atom. The minimum Gasteiger partial charge on any atom is -0.445 e. The summed E-state index contributed by atoms with van der Waals surface area (Å²) in [4.78, 5) is 11.7. The smallest absolute Gasteiger partial charge is 0.407 e. The molecule has 0 bridgehead atoms. The molecule has 4 nitrogen and oxygen atoms in total. The SMILES string of the molecule is O=C(NCCC1(O)Cc2ccccc2C1)OCc1ccccc1. The normalized spacial score (nSPS) is 15.0. The molecule has 0 atom stereocenters. The zero-order valence-electron chi connectivity index (χ0n) is 13.0. The number of amides is 1. The van der Waals surface area contributed by atoms with Crippen molar-refractivity contribution in [2.45, 2.75) is 31.5 Å². The van der Waals surface area contributed by atoms with Crippen molar-refractivity contribution in [2.24, 2.45) is 0 Å². The van der Waals surface area contributed by atoms with E-state index in [-0.39, 0.29) is 6.61 Å². The molecule has 120 valence electrons. The molecule has 1 aliphatic rings. The lowest BCUT2D eigenvalue weighted by atomic mass is 9.96. The van der Waals surface area contributed by atoms with Crippen LogP contribution in [0.1, 0.15) is 23.1 Å². The summed E-state index contributed by atoms with van der Waals surface area (Å²) in [7, 11) is 0. The quantitative estimate of drug-likeness (QED) is 0.892. The van der Waals surface area contributed by atoms with Crippen molar-refractivity contribution in [2.75, 3.05) is 6.54 Å². The maximum absolute atomic E-state index is 11.7. The average molecular weight is 311 g/mol. The molecule has 0 saturated heterocycles. The topological polar surface area (TPSA) is 58.6 Å². The first-order valence-corrected chi connectivity index (χ1v) is 7.88. The van der Waals surface area contributed by atoms with E-state index >= 15 is 0 Å². The third kappa shape index (κ3) is 4.11. The number of nitrogens with one attached hydrogen (secondary N) is 1. The standard InChI is InChI=1S/C19H21NO3/c21-18(23-14-15-6-2-1-3-7-15)20-11-10-19(22)12-16-8-4-5-9-17(16)13-19/h1-9,22H,10-14H2,(H,20,21). The fourth-order valence-corrected chi connectivity index (χ4v) is 3.02. The van der Waals surface area contributed by atoms with Crippen LogP contribution in [0.2, 0.25) is 0 Å². The van der Waals surface area contributed by atoms with E-state index in [4.69, 9.17) is 4.74 Å². The highest BCUT2D eigenvalue weighted by Gasteiger charge is 2.34. The van der Waals surface area contributed by atoms with Gasteiger partial charge in [-0.15, -0.1) is 0 Å². The summed E-state index contributed by atoms with van der Waals surface area (Å²) in [6.45, 7) is 0.653. The number of aliphatic hydroxyl groups is 1. The Kier molecular flexibility index (Phi) is 4.63. The van der Waals surface area contributed by atoms with Gasteiger partial charge in [0.1, 0.15) is 6.61 Å². The number of carbonyl (C=O) groups excluding carboxylic acids is 1. The second-order valence-corrected chi connectivity index (χ2v) is 6.09. The first-order valence-electron chi connectivity index (χ1n) is 7.88. The largest absolute Gasteiger partial charge is 0.445 e. The minimum atomic E-state index is -0.767. The van der Waals surface area contributed by atoms with Crippen LogP contribution in [0.5, 0.6) is 0 Å². The van der Waals surface area contributed by atoms with Crippen molar-refractivity contribution in [3.05, 3.63) is 71.3 Å². The highest BCUT2D eigenvalue weighted by molar-refractivity contribution is 5.67. The van der Waals surface area contributed by atoms with E-state index in [9.17, 15) is 9.90 Å². The number of rotatable bonds is 5. The molecule has 0 heterocycles. The molecule has 23 heavy (non-hydrogen) atoms. The van der Waals surface area contributed by atoms with E-state index in [0.29, 0.717) is 25.8 Å². The fraction of sp³-hybridized carbons (Fsp3) is 0.316. The molecule has 1 amide bonds. The minimum absolute atomic E-state index is 0.252. The lowest BCUT2D eigenvalue weighted by Gasteiger charge is -2.22. The maximum Gasteiger partial charge on any atom is 0.407 e. The van der Waals surface area contributed by atoms with Crippen LogP contribution < -0.4 is 5.32 Å². The molecule has 0 radical (unpaired) electrons. The molecule has 2 N–H and O–H groups in total. The number of alkyl carbamates (subject to hydrolysis) is 1. The van der Waals surface area contributed by atoms with Crippen LogP contribution in [0, 0.1) is 0 Å². The lowest BCUT2D eigenvalue weighted by molar-refractivity contribution is 0.0422. The van der Waals surface area contributed by atoms with Crippen LogP contribution in [0.15, 0.2) is 54.6 Å². The Morgan fingerprint density at radius 3 is 2.30 bits per heavy atom. The van der Waals surface area contributed by atoms with Crippen molar-refractivity contribution < 1.29 is 14.6 Å². The monoisotopic (exact) mass is 311 g/mol. The van der Waals surface area contributed by atoms with E-state index < -0.39 is 11.7 Å². The summed E-state index contributed by atoms with van der Waals surface area (Å²) < 4.78 is 5.16. The molecular weight excluding hydrogens is 290 g/mol. The molecule has 0 fully saturated rings. The van der Waals surface area contributed by atoms with Gasteiger partial charge in [0.05, 0.1) is 5.60 Å². The summed E-state index contributed by atoms with van der Waals surface area (Å²) >= 11 is 0. The van der Waals surface area contributed by atoms with Crippen LogP contribution in [0.25, 0.3) is 0 Å². The molecule has 0 aromatic heterocycles. The Bertz CT molecular complexity index is 644. The molecule has 1 aliphatic carbocycles. The molecular formula is C19H21NO3. The number of benzene rings is 2. The van der Waals surface area contributed by atoms with Gasteiger partial charge in [0.15, 0.2) is 0 Å². The van der Waals surface area contributed by atoms with Crippen molar-refractivity contribution in [3.8, 4) is 0 Å². The summed E-state index contributed by atoms with van der Waals surface area (Å²) in [6.07, 6.45) is 1.35. The molecule has 0 aliphatic heterocycles. The Balaban J connectivity index is 1.41. The zero-order chi connectivity index (χ0) is 16.1. The first-order chi connectivity index (χ1) is 11.1. The van der Waals surface area contributed by atoms with Gasteiger partial charge in [-0.1, -0.05) is 54.6 Å². The third-order valence-corrected chi connectivity index (χ3v) is 4.23. The number of hydrogen-bond acceptors (Lipinski definition) is 3. The van der Waals surface area contributed by atoms with E-state index in [2.05, 4.69) is 17.4 Å². The van der Waals surface area contributed by atoms with Crippen LogP contribution in [0.3, 0.4) is 0 Å². The van der Waals surface area contributed by atoms with Crippen molar-refractivity contribution in [1.82, 2.24) is 5.32 Å². The molecule has 0 spiro atoms. The van der Waals surface area contributed by atoms with E-state index in [1.807, 2.05) is 42.5 Å². The Morgan fingerprint density at radius 2 is 1.65 bits per heavy atom. The fourth-order valence-electron chi connectivity index (χ4n) is 3.02. The van der Waals surface area contributed by atoms with Gasteiger partial charge in [-0.3, -0.25) is 0 Å². The maximum atomic E-state index is 11.7. The van der Waals surface area contributed by atoms with Gasteiger partial charge in [-0.25, -0.2) is 4.79 Å². The molecule has 0 saturated carbocycles. The number of fused-ring (bicyclic) bond motifs is 1. The summed E-state index contributed by atoms with van der Waals surface area (Å²) in [5, 5.41) is 13.4. The number of carbonyl (C=O) groups is 1. The van der Waals surface area contributed by atoms with Gasteiger partial charge in [-0.2, -0.15) is 0 Å². The lowest BCUT2D eigenvalue weighted by Crippen LogP contribution is -2.35. The van der Waals surface area contributed by atoms with Crippen LogP contribution in [0.4, 0.5) is 4.79 Å². The molecule has 0 unspecified atom stereocenters. The predicted molar refractivity (Wildman–Crippen MR) is 88.0 cm³/mol. The van der Waals surface area contributed by atoms with Crippen molar-refractivity contribution in [3.63, 3.8) is 0 Å². The van der Waals surface area contributed by atoms with Gasteiger partial charge in [0.2, 0.25) is 0 Å². The summed E-state index contributed by atoms with van der Waals surface area (Å²) in [5.74, 6) is 0. The Hall–Kier alpha value is -2.33. The van der Waals surface area contributed by atoms with Gasteiger partial charge < -0.3 is 15.2 Å². The van der Waals surface area contributed by atoms with E-state index in [0.717, 1.165) is 5.56 Å². The van der Waals surface area contributed by atoms with Gasteiger partial charge in [0.25, 0.3) is 0 Å². The van der Waals surface area contributed by atoms with Gasteiger partial charge in [-0.05, 0) is 23.1 Å². The molecule has 3 rings (SSSR count). The third-order valence-electron chi connectivity index (χ3n) is 4.23. The van der Waals surface area contributed by atoms with Crippen LogP contribution >= 0.6 is 0 Å². The highest BCUT2D eigenvalue weighted by atomic mass is 16.5. The van der Waals surface area contributed by atoms with E-state index in [1.165, 1.54) is 11.1 Å². The van der Waals surface area contributed by atoms with Crippen molar-refractivity contribution >= 4 is 6.09 Å². The second kappa shape index (κ2) is 6.84.